The Labute approximate surface area is 180 Å². The molecule has 1 unspecified atom stereocenters. The van der Waals surface area contributed by atoms with Gasteiger partial charge in [0.25, 0.3) is 0 Å². The van der Waals surface area contributed by atoms with Gasteiger partial charge in [-0.05, 0) is 31.2 Å². The topological polar surface area (TPSA) is 59.8 Å². The van der Waals surface area contributed by atoms with Crippen LogP contribution in [0, 0.1) is 5.82 Å². The minimum atomic E-state index is -0.542. The Morgan fingerprint density at radius 3 is 2.46 bits per heavy atom. The van der Waals surface area contributed by atoms with Crippen molar-refractivity contribution in [1.29, 1.82) is 0 Å². The minimum absolute atomic E-state index is 0.239. The molecular formula is C18H14Cl3FN4OS. The van der Waals surface area contributed by atoms with Crippen molar-refractivity contribution in [2.24, 2.45) is 7.05 Å². The van der Waals surface area contributed by atoms with Crippen LogP contribution in [0.1, 0.15) is 6.92 Å². The molecule has 2 aromatic carbocycles. The van der Waals surface area contributed by atoms with E-state index in [0.29, 0.717) is 21.6 Å². The lowest BCUT2D eigenvalue weighted by molar-refractivity contribution is -0.115. The summed E-state index contributed by atoms with van der Waals surface area (Å²) in [6.45, 7) is 1.70. The second kappa shape index (κ2) is 8.69. The van der Waals surface area contributed by atoms with E-state index in [-0.39, 0.29) is 21.6 Å². The third-order valence-corrected chi connectivity index (χ3v) is 5.80. The Hall–Kier alpha value is -1.80. The van der Waals surface area contributed by atoms with Crippen molar-refractivity contribution in [3.05, 3.63) is 57.3 Å². The molecule has 1 N–H and O–H groups in total. The summed E-state index contributed by atoms with van der Waals surface area (Å²) in [5.41, 5.74) is 0.622. The fourth-order valence-corrected chi connectivity index (χ4v) is 4.12. The fourth-order valence-electron chi connectivity index (χ4n) is 2.39. The maximum absolute atomic E-state index is 14.0. The Morgan fingerprint density at radius 2 is 1.82 bits per heavy atom. The first kappa shape index (κ1) is 20.9. The average Bonchev–Trinajstić information content (AvgIpc) is 2.98. The number of hydrogen-bond acceptors (Lipinski definition) is 4. The predicted octanol–water partition coefficient (Wildman–Crippen LogP) is 5.70. The predicted molar refractivity (Wildman–Crippen MR) is 112 cm³/mol. The molecule has 0 bridgehead atoms. The SMILES string of the molecule is CC(Sc1nnc(-c2ccccc2F)n1C)C(=O)Nc1c(Cl)cc(Cl)cc1Cl. The number of halogens is 4. The Bertz CT molecular complexity index is 1020. The van der Waals surface area contributed by atoms with Crippen LogP contribution in [0.3, 0.4) is 0 Å². The largest absolute Gasteiger partial charge is 0.323 e. The quantitative estimate of drug-likeness (QED) is 0.497. The fraction of sp³-hybridized carbons (Fsp3) is 0.167. The highest BCUT2D eigenvalue weighted by Crippen LogP contribution is 2.34. The Balaban J connectivity index is 1.76. The van der Waals surface area contributed by atoms with E-state index in [1.165, 1.54) is 30.0 Å². The maximum atomic E-state index is 14.0. The minimum Gasteiger partial charge on any atom is -0.323 e. The maximum Gasteiger partial charge on any atom is 0.237 e. The molecule has 146 valence electrons. The van der Waals surface area contributed by atoms with Gasteiger partial charge >= 0.3 is 0 Å². The lowest BCUT2D eigenvalue weighted by Crippen LogP contribution is -2.23. The highest BCUT2D eigenvalue weighted by atomic mass is 35.5. The number of carbonyl (C=O) groups excluding carboxylic acids is 1. The van der Waals surface area contributed by atoms with Crippen LogP contribution >= 0.6 is 46.6 Å². The number of aromatic nitrogens is 3. The number of rotatable bonds is 5. The van der Waals surface area contributed by atoms with E-state index in [0.717, 1.165) is 0 Å². The van der Waals surface area contributed by atoms with Gasteiger partial charge in [0.2, 0.25) is 5.91 Å². The number of carbonyl (C=O) groups is 1. The summed E-state index contributed by atoms with van der Waals surface area (Å²) in [4.78, 5) is 12.5. The van der Waals surface area contributed by atoms with Crippen molar-refractivity contribution in [2.75, 3.05) is 5.32 Å². The zero-order valence-corrected chi connectivity index (χ0v) is 17.8. The van der Waals surface area contributed by atoms with Gasteiger partial charge in [-0.25, -0.2) is 4.39 Å². The van der Waals surface area contributed by atoms with Crippen LogP contribution in [0.25, 0.3) is 11.4 Å². The molecule has 0 aliphatic carbocycles. The van der Waals surface area contributed by atoms with E-state index < -0.39 is 11.1 Å². The first-order valence-corrected chi connectivity index (χ1v) is 10.1. The number of amides is 1. The molecule has 1 amide bonds. The lowest BCUT2D eigenvalue weighted by atomic mass is 10.2. The smallest absolute Gasteiger partial charge is 0.237 e. The molecular weight excluding hydrogens is 446 g/mol. The van der Waals surface area contributed by atoms with Gasteiger partial charge in [0.05, 0.1) is 26.5 Å². The Morgan fingerprint density at radius 1 is 1.18 bits per heavy atom. The zero-order chi connectivity index (χ0) is 20.4. The molecule has 1 atom stereocenters. The number of nitrogens with one attached hydrogen (secondary N) is 1. The van der Waals surface area contributed by atoms with Gasteiger partial charge in [-0.2, -0.15) is 0 Å². The van der Waals surface area contributed by atoms with Crippen molar-refractivity contribution in [3.8, 4) is 11.4 Å². The van der Waals surface area contributed by atoms with Crippen molar-refractivity contribution >= 4 is 58.2 Å². The average molecular weight is 460 g/mol. The summed E-state index contributed by atoms with van der Waals surface area (Å²) in [6.07, 6.45) is 0. The van der Waals surface area contributed by atoms with Gasteiger partial charge in [0.15, 0.2) is 11.0 Å². The Kier molecular flexibility index (Phi) is 6.50. The third-order valence-electron chi connectivity index (χ3n) is 3.86. The second-order valence-electron chi connectivity index (χ2n) is 5.84. The van der Waals surface area contributed by atoms with E-state index in [1.54, 1.807) is 36.7 Å². The molecule has 1 heterocycles. The first-order chi connectivity index (χ1) is 13.3. The zero-order valence-electron chi connectivity index (χ0n) is 14.7. The molecule has 28 heavy (non-hydrogen) atoms. The van der Waals surface area contributed by atoms with Crippen LogP contribution in [-0.2, 0) is 11.8 Å². The molecule has 0 radical (unpaired) electrons. The van der Waals surface area contributed by atoms with Gasteiger partial charge in [0.1, 0.15) is 5.82 Å². The lowest BCUT2D eigenvalue weighted by Gasteiger charge is -2.14. The molecule has 0 aliphatic heterocycles. The highest BCUT2D eigenvalue weighted by Gasteiger charge is 2.22. The number of benzene rings is 2. The van der Waals surface area contributed by atoms with Crippen LogP contribution in [0.2, 0.25) is 15.1 Å². The van der Waals surface area contributed by atoms with Gasteiger partial charge in [-0.15, -0.1) is 10.2 Å². The molecule has 0 aliphatic rings. The number of thioether (sulfide) groups is 1. The van der Waals surface area contributed by atoms with E-state index in [4.69, 9.17) is 34.8 Å². The van der Waals surface area contributed by atoms with Crippen molar-refractivity contribution < 1.29 is 9.18 Å². The number of hydrogen-bond donors (Lipinski definition) is 1. The summed E-state index contributed by atoms with van der Waals surface area (Å²) in [7, 11) is 1.71. The molecule has 5 nitrogen and oxygen atoms in total. The molecule has 3 aromatic rings. The van der Waals surface area contributed by atoms with E-state index >= 15 is 0 Å². The first-order valence-electron chi connectivity index (χ1n) is 8.04. The van der Waals surface area contributed by atoms with E-state index in [2.05, 4.69) is 15.5 Å². The van der Waals surface area contributed by atoms with Crippen LogP contribution in [0.15, 0.2) is 41.6 Å². The van der Waals surface area contributed by atoms with Crippen molar-refractivity contribution in [1.82, 2.24) is 14.8 Å². The standard InChI is InChI=1S/C18H14Cl3FN4OS/c1-9(17(27)23-15-12(20)7-10(19)8-13(15)21)28-18-25-24-16(26(18)2)11-5-3-4-6-14(11)22/h3-9H,1-2H3,(H,23,27). The van der Waals surface area contributed by atoms with Gasteiger partial charge < -0.3 is 9.88 Å². The summed E-state index contributed by atoms with van der Waals surface area (Å²) in [6, 6.07) is 9.28. The van der Waals surface area contributed by atoms with E-state index in [9.17, 15) is 9.18 Å². The van der Waals surface area contributed by atoms with Crippen LogP contribution in [0.5, 0.6) is 0 Å². The van der Waals surface area contributed by atoms with Crippen molar-refractivity contribution in [2.45, 2.75) is 17.3 Å². The van der Waals surface area contributed by atoms with Gasteiger partial charge in [-0.3, -0.25) is 4.79 Å². The van der Waals surface area contributed by atoms with Crippen LogP contribution in [0.4, 0.5) is 10.1 Å². The third kappa shape index (κ3) is 4.43. The molecule has 3 rings (SSSR count). The summed E-state index contributed by atoms with van der Waals surface area (Å²) < 4.78 is 15.6. The summed E-state index contributed by atoms with van der Waals surface area (Å²) >= 11 is 19.3. The van der Waals surface area contributed by atoms with Gasteiger partial charge in [0, 0.05) is 12.1 Å². The van der Waals surface area contributed by atoms with E-state index in [1.807, 2.05) is 0 Å². The number of anilines is 1. The van der Waals surface area contributed by atoms with Crippen LogP contribution in [-0.4, -0.2) is 25.9 Å². The number of nitrogens with zero attached hydrogens (tertiary/aromatic N) is 3. The second-order valence-corrected chi connectivity index (χ2v) is 8.40. The normalized spacial score (nSPS) is 12.1. The van der Waals surface area contributed by atoms with Crippen molar-refractivity contribution in [3.63, 3.8) is 0 Å². The molecule has 0 fully saturated rings. The molecule has 1 aromatic heterocycles. The summed E-state index contributed by atoms with van der Waals surface area (Å²) in [5, 5.41) is 11.6. The van der Waals surface area contributed by atoms with Gasteiger partial charge in [-0.1, -0.05) is 58.7 Å². The highest BCUT2D eigenvalue weighted by molar-refractivity contribution is 8.00. The molecule has 0 saturated carbocycles. The van der Waals surface area contributed by atoms with Crippen LogP contribution < -0.4 is 5.32 Å². The molecule has 0 saturated heterocycles. The summed E-state index contributed by atoms with van der Waals surface area (Å²) in [5.74, 6) is -0.351. The molecule has 0 spiro atoms. The monoisotopic (exact) mass is 458 g/mol. The molecule has 10 heteroatoms.